The van der Waals surface area contributed by atoms with E-state index in [2.05, 4.69) is 10.5 Å². The molecule has 0 aromatic rings. The smallest absolute Gasteiger partial charge is 0.309 e. The Morgan fingerprint density at radius 1 is 2.00 bits per heavy atom. The molecule has 0 spiro atoms. The Balaban J connectivity index is 2.29. The number of hydrogen-bond acceptors (Lipinski definition) is 4. The molecule has 0 radical (unpaired) electrons. The molecule has 5 heteroatoms. The van der Waals surface area contributed by atoms with Gasteiger partial charge in [-0.05, 0) is 0 Å². The number of carboxylic acid groups (broad SMARTS) is 1. The minimum Gasteiger partial charge on any atom is -0.481 e. The fraction of sp³-hybridized carbons (Fsp3) is 0.600. The molecule has 1 unspecified atom stereocenters. The SMILES string of the molecule is CC1=NNC(CC(=O)O)O1. The number of carboxylic acids is 1. The zero-order valence-electron chi connectivity index (χ0n) is 5.50. The van der Waals surface area contributed by atoms with Gasteiger partial charge < -0.3 is 9.84 Å². The molecule has 1 atom stereocenters. The molecule has 5 nitrogen and oxygen atoms in total. The van der Waals surface area contributed by atoms with Crippen LogP contribution in [0.15, 0.2) is 5.10 Å². The summed E-state index contributed by atoms with van der Waals surface area (Å²) >= 11 is 0. The second kappa shape index (κ2) is 2.55. The van der Waals surface area contributed by atoms with E-state index in [1.54, 1.807) is 6.92 Å². The van der Waals surface area contributed by atoms with Crippen molar-refractivity contribution in [3.63, 3.8) is 0 Å². The third-order valence-corrected chi connectivity index (χ3v) is 1.04. The van der Waals surface area contributed by atoms with Gasteiger partial charge in [-0.1, -0.05) is 0 Å². The number of nitrogens with zero attached hydrogens (tertiary/aromatic N) is 1. The van der Waals surface area contributed by atoms with Crippen LogP contribution in [0.25, 0.3) is 0 Å². The lowest BCUT2D eigenvalue weighted by Crippen LogP contribution is -2.24. The summed E-state index contributed by atoms with van der Waals surface area (Å²) < 4.78 is 4.93. The number of rotatable bonds is 2. The molecule has 1 aliphatic heterocycles. The van der Waals surface area contributed by atoms with Crippen LogP contribution in [0.4, 0.5) is 0 Å². The van der Waals surface area contributed by atoms with Crippen molar-refractivity contribution in [1.29, 1.82) is 0 Å². The van der Waals surface area contributed by atoms with Crippen molar-refractivity contribution in [3.8, 4) is 0 Å². The van der Waals surface area contributed by atoms with Gasteiger partial charge in [0.1, 0.15) is 6.42 Å². The van der Waals surface area contributed by atoms with Crippen molar-refractivity contribution in [3.05, 3.63) is 0 Å². The van der Waals surface area contributed by atoms with Crippen LogP contribution in [0.3, 0.4) is 0 Å². The van der Waals surface area contributed by atoms with Gasteiger partial charge >= 0.3 is 5.97 Å². The van der Waals surface area contributed by atoms with Crippen LogP contribution in [-0.4, -0.2) is 23.2 Å². The van der Waals surface area contributed by atoms with Crippen LogP contribution in [0, 0.1) is 0 Å². The fourth-order valence-electron chi connectivity index (χ4n) is 0.667. The van der Waals surface area contributed by atoms with Crippen LogP contribution in [-0.2, 0) is 9.53 Å². The highest BCUT2D eigenvalue weighted by atomic mass is 16.5. The van der Waals surface area contributed by atoms with E-state index < -0.39 is 12.2 Å². The van der Waals surface area contributed by atoms with Gasteiger partial charge in [-0.15, -0.1) is 5.10 Å². The molecule has 0 fully saturated rings. The van der Waals surface area contributed by atoms with Gasteiger partial charge in [-0.2, -0.15) is 0 Å². The number of ether oxygens (including phenoxy) is 1. The Bertz CT molecular complexity index is 178. The van der Waals surface area contributed by atoms with Gasteiger partial charge in [0.05, 0.1) is 0 Å². The van der Waals surface area contributed by atoms with Crippen molar-refractivity contribution in [2.24, 2.45) is 5.10 Å². The van der Waals surface area contributed by atoms with E-state index in [0.717, 1.165) is 0 Å². The minimum absolute atomic E-state index is 0.0686. The van der Waals surface area contributed by atoms with Gasteiger partial charge in [0, 0.05) is 6.92 Å². The maximum Gasteiger partial charge on any atom is 0.309 e. The van der Waals surface area contributed by atoms with E-state index in [4.69, 9.17) is 9.84 Å². The predicted molar refractivity (Wildman–Crippen MR) is 33.4 cm³/mol. The Hall–Kier alpha value is -1.26. The first-order chi connectivity index (χ1) is 4.68. The Morgan fingerprint density at radius 2 is 2.70 bits per heavy atom. The van der Waals surface area contributed by atoms with E-state index in [-0.39, 0.29) is 6.42 Å². The van der Waals surface area contributed by atoms with Crippen LogP contribution >= 0.6 is 0 Å². The lowest BCUT2D eigenvalue weighted by atomic mass is 10.4. The summed E-state index contributed by atoms with van der Waals surface area (Å²) in [6.07, 6.45) is -0.557. The largest absolute Gasteiger partial charge is 0.481 e. The lowest BCUT2D eigenvalue weighted by molar-refractivity contribution is -0.139. The molecule has 0 aromatic heterocycles. The minimum atomic E-state index is -0.901. The number of aliphatic carboxylic acids is 1. The van der Waals surface area contributed by atoms with E-state index in [0.29, 0.717) is 5.90 Å². The summed E-state index contributed by atoms with van der Waals surface area (Å²) in [5, 5.41) is 11.9. The molecule has 0 aliphatic carbocycles. The summed E-state index contributed by atoms with van der Waals surface area (Å²) in [5.41, 5.74) is 2.52. The van der Waals surface area contributed by atoms with Crippen molar-refractivity contribution in [2.75, 3.05) is 0 Å². The standard InChI is InChI=1S/C5H8N2O3/c1-3-6-7-4(10-3)2-5(8)9/h4,7H,2H2,1H3,(H,8,9). The molecule has 1 aliphatic rings. The zero-order valence-corrected chi connectivity index (χ0v) is 5.50. The first-order valence-electron chi connectivity index (χ1n) is 2.87. The topological polar surface area (TPSA) is 70.9 Å². The molecule has 56 valence electrons. The third-order valence-electron chi connectivity index (χ3n) is 1.04. The van der Waals surface area contributed by atoms with Crippen LogP contribution < -0.4 is 5.43 Å². The molecule has 0 bridgehead atoms. The van der Waals surface area contributed by atoms with Gasteiger partial charge in [0.2, 0.25) is 5.90 Å². The number of hydrogen-bond donors (Lipinski definition) is 2. The van der Waals surface area contributed by atoms with Gasteiger partial charge in [-0.25, -0.2) is 0 Å². The summed E-state index contributed by atoms with van der Waals surface area (Å²) in [7, 11) is 0. The molecule has 0 saturated heterocycles. The van der Waals surface area contributed by atoms with Crippen molar-refractivity contribution >= 4 is 11.9 Å². The maximum atomic E-state index is 10.1. The van der Waals surface area contributed by atoms with Crippen LogP contribution in [0.1, 0.15) is 13.3 Å². The van der Waals surface area contributed by atoms with E-state index in [9.17, 15) is 4.79 Å². The van der Waals surface area contributed by atoms with Gasteiger partial charge in [0.25, 0.3) is 0 Å². The quantitative estimate of drug-likeness (QED) is 0.560. The third kappa shape index (κ3) is 1.61. The highest BCUT2D eigenvalue weighted by Gasteiger charge is 2.18. The zero-order chi connectivity index (χ0) is 7.56. The number of nitrogens with one attached hydrogen (secondary N) is 1. The fourth-order valence-corrected chi connectivity index (χ4v) is 0.667. The second-order valence-electron chi connectivity index (χ2n) is 1.96. The predicted octanol–water partition coefficient (Wildman–Crippen LogP) is -0.260. The summed E-state index contributed by atoms with van der Waals surface area (Å²) in [4.78, 5) is 10.1. The van der Waals surface area contributed by atoms with Crippen molar-refractivity contribution in [2.45, 2.75) is 19.6 Å². The monoisotopic (exact) mass is 144 g/mol. The maximum absolute atomic E-state index is 10.1. The second-order valence-corrected chi connectivity index (χ2v) is 1.96. The average Bonchev–Trinajstić information content (AvgIpc) is 2.13. The summed E-state index contributed by atoms with van der Waals surface area (Å²) in [5.74, 6) is -0.423. The van der Waals surface area contributed by atoms with Gasteiger partial charge in [-0.3, -0.25) is 10.2 Å². The molecule has 0 amide bonds. The molecule has 2 N–H and O–H groups in total. The van der Waals surface area contributed by atoms with Crippen LogP contribution in [0.2, 0.25) is 0 Å². The van der Waals surface area contributed by atoms with E-state index in [1.165, 1.54) is 0 Å². The average molecular weight is 144 g/mol. The van der Waals surface area contributed by atoms with Crippen molar-refractivity contribution in [1.82, 2.24) is 5.43 Å². The Labute approximate surface area is 57.7 Å². The highest BCUT2D eigenvalue weighted by Crippen LogP contribution is 2.01. The molecule has 0 aromatic carbocycles. The Morgan fingerprint density at radius 3 is 3.10 bits per heavy atom. The summed E-state index contributed by atoms with van der Waals surface area (Å²) in [6, 6.07) is 0. The first-order valence-corrected chi connectivity index (χ1v) is 2.87. The number of carbonyl (C=O) groups is 1. The summed E-state index contributed by atoms with van der Waals surface area (Å²) in [6.45, 7) is 1.66. The Kier molecular flexibility index (Phi) is 1.75. The molecule has 10 heavy (non-hydrogen) atoms. The van der Waals surface area contributed by atoms with Crippen molar-refractivity contribution < 1.29 is 14.6 Å². The molecular formula is C5H8N2O3. The number of hydrazone groups is 1. The van der Waals surface area contributed by atoms with Crippen LogP contribution in [0.5, 0.6) is 0 Å². The molecule has 1 rings (SSSR count). The van der Waals surface area contributed by atoms with Gasteiger partial charge in [0.15, 0.2) is 6.23 Å². The lowest BCUT2D eigenvalue weighted by Gasteiger charge is -2.05. The molecule has 0 saturated carbocycles. The van der Waals surface area contributed by atoms with E-state index >= 15 is 0 Å². The molecular weight excluding hydrogens is 136 g/mol. The molecule has 1 heterocycles. The highest BCUT2D eigenvalue weighted by molar-refractivity contribution is 5.75. The normalized spacial score (nSPS) is 22.9. The van der Waals surface area contributed by atoms with E-state index in [1.807, 2.05) is 0 Å². The first kappa shape index (κ1) is 6.85.